The summed E-state index contributed by atoms with van der Waals surface area (Å²) in [7, 11) is 4.40. The Bertz CT molecular complexity index is 2180. The molecule has 4 nitrogen and oxygen atoms in total. The van der Waals surface area contributed by atoms with Gasteiger partial charge in [0.1, 0.15) is 22.7 Å². The zero-order valence-electron chi connectivity index (χ0n) is 24.0. The van der Waals surface area contributed by atoms with Gasteiger partial charge in [-0.05, 0) is 73.4 Å². The molecule has 208 valence electrons. The molecule has 0 radical (unpaired) electrons. The molecule has 0 amide bonds. The van der Waals surface area contributed by atoms with E-state index < -0.39 is 0 Å². The zero-order valence-corrected chi connectivity index (χ0v) is 24.8. The number of hydrogen-bond acceptors (Lipinski definition) is 3. The fraction of sp³-hybridized carbons (Fsp3) is 0.0789. The predicted molar refractivity (Wildman–Crippen MR) is 174 cm³/mol. The number of rotatable bonds is 4. The summed E-state index contributed by atoms with van der Waals surface area (Å²) in [6.07, 6.45) is 3.83. The second-order valence-electron chi connectivity index (χ2n) is 11.5. The summed E-state index contributed by atoms with van der Waals surface area (Å²) < 4.78 is 10.8. The number of benzene rings is 4. The maximum Gasteiger partial charge on any atom is 0.192 e. The molecule has 1 aliphatic rings. The summed E-state index contributed by atoms with van der Waals surface area (Å²) in [4.78, 5) is 7.11. The van der Waals surface area contributed by atoms with E-state index in [1.165, 1.54) is 37.2 Å². The van der Waals surface area contributed by atoms with Crippen molar-refractivity contribution < 1.29 is 9.30 Å². The van der Waals surface area contributed by atoms with E-state index in [0.29, 0.717) is 0 Å². The first-order chi connectivity index (χ1) is 21.0. The summed E-state index contributed by atoms with van der Waals surface area (Å²) in [5, 5.41) is 2.39. The van der Waals surface area contributed by atoms with E-state index in [9.17, 15) is 0 Å². The van der Waals surface area contributed by atoms with Crippen LogP contribution in [0.5, 0.6) is 11.5 Å². The Hall–Kier alpha value is -5.00. The molecular formula is C38H29N3OS. The smallest absolute Gasteiger partial charge is 0.192 e. The van der Waals surface area contributed by atoms with Crippen molar-refractivity contribution in [3.63, 3.8) is 0 Å². The summed E-state index contributed by atoms with van der Waals surface area (Å²) in [5.41, 5.74) is 7.69. The van der Waals surface area contributed by atoms with Gasteiger partial charge in [-0.15, -0.1) is 0 Å². The average molecular weight is 576 g/mol. The van der Waals surface area contributed by atoms with Crippen LogP contribution in [0.4, 0.5) is 0 Å². The number of fused-ring (bicyclic) bond motifs is 6. The molecule has 0 bridgehead atoms. The van der Waals surface area contributed by atoms with Crippen LogP contribution in [0, 0.1) is 7.05 Å². The van der Waals surface area contributed by atoms with Gasteiger partial charge in [0.05, 0.1) is 5.69 Å². The van der Waals surface area contributed by atoms with Gasteiger partial charge < -0.3 is 9.30 Å². The Labute approximate surface area is 255 Å². The minimum absolute atomic E-state index is 0.200. The van der Waals surface area contributed by atoms with Crippen LogP contribution in [0.1, 0.15) is 25.0 Å². The van der Waals surface area contributed by atoms with E-state index in [4.69, 9.17) is 4.74 Å². The van der Waals surface area contributed by atoms with Crippen molar-refractivity contribution in [3.05, 3.63) is 146 Å². The molecule has 0 fully saturated rings. The monoisotopic (exact) mass is 575 g/mol. The highest BCUT2D eigenvalue weighted by Gasteiger charge is 2.37. The van der Waals surface area contributed by atoms with Crippen LogP contribution in [0.3, 0.4) is 0 Å². The van der Waals surface area contributed by atoms with Crippen LogP contribution < -0.4 is 9.30 Å². The van der Waals surface area contributed by atoms with E-state index in [-0.39, 0.29) is 5.41 Å². The summed E-state index contributed by atoms with van der Waals surface area (Å²) in [6, 6.07) is 40.0. The highest BCUT2D eigenvalue weighted by molar-refractivity contribution is 7.99. The van der Waals surface area contributed by atoms with Crippen LogP contribution in [0.2, 0.25) is 0 Å². The third-order valence-electron chi connectivity index (χ3n) is 8.42. The Balaban J connectivity index is 1.32. The van der Waals surface area contributed by atoms with Crippen molar-refractivity contribution in [1.29, 1.82) is 0 Å². The number of nitrogens with zero attached hydrogens (tertiary/aromatic N) is 3. The lowest BCUT2D eigenvalue weighted by Crippen LogP contribution is -2.28. The lowest BCUT2D eigenvalue weighted by molar-refractivity contribution is -0.586. The molecule has 0 atom stereocenters. The summed E-state index contributed by atoms with van der Waals surface area (Å²) in [6.45, 7) is 4.69. The van der Waals surface area contributed by atoms with Gasteiger partial charge in [-0.3, -0.25) is 4.98 Å². The molecule has 4 heterocycles. The van der Waals surface area contributed by atoms with Crippen molar-refractivity contribution in [1.82, 2.24) is 9.55 Å². The number of pyridine rings is 2. The number of aromatic nitrogens is 3. The van der Waals surface area contributed by atoms with Crippen LogP contribution in [-0.4, -0.2) is 9.55 Å². The van der Waals surface area contributed by atoms with Gasteiger partial charge in [0.15, 0.2) is 5.65 Å². The standard InChI is InChI=1S/C38H29N3OS/c1-38(2)31-16-4-5-18-33(31)43-34-20-19-29-30-15-10-22-40(3)37(30)41(36(29)35(34)38)26-12-9-14-28(24-26)42-27-13-8-11-25(23-27)32-17-6-7-21-39-32/h4-24H,3H2,1-2H3. The van der Waals surface area contributed by atoms with E-state index in [1.807, 2.05) is 71.2 Å². The fourth-order valence-electron chi connectivity index (χ4n) is 6.47. The lowest BCUT2D eigenvalue weighted by Gasteiger charge is -2.34. The highest BCUT2D eigenvalue weighted by atomic mass is 32.2. The molecule has 0 saturated heterocycles. The van der Waals surface area contributed by atoms with E-state index in [2.05, 4.69) is 103 Å². The maximum absolute atomic E-state index is 6.47. The number of hydrogen-bond donors (Lipinski definition) is 0. The minimum Gasteiger partial charge on any atom is -0.457 e. The van der Waals surface area contributed by atoms with Gasteiger partial charge >= 0.3 is 0 Å². The van der Waals surface area contributed by atoms with Gasteiger partial charge in [-0.2, -0.15) is 0 Å². The van der Waals surface area contributed by atoms with Crippen molar-refractivity contribution in [2.45, 2.75) is 29.1 Å². The molecule has 0 aliphatic carbocycles. The topological polar surface area (TPSA) is 30.9 Å². The maximum atomic E-state index is 6.47. The minimum atomic E-state index is -0.200. The molecule has 8 rings (SSSR count). The Kier molecular flexibility index (Phi) is 5.85. The van der Waals surface area contributed by atoms with Crippen molar-refractivity contribution in [2.75, 3.05) is 0 Å². The average Bonchev–Trinajstić information content (AvgIpc) is 3.37. The van der Waals surface area contributed by atoms with Gasteiger partial charge in [-0.1, -0.05) is 80.2 Å². The summed E-state index contributed by atoms with van der Waals surface area (Å²) >= 11 is 1.86. The van der Waals surface area contributed by atoms with Crippen molar-refractivity contribution in [2.24, 2.45) is 0 Å². The fourth-order valence-corrected chi connectivity index (χ4v) is 7.88. The molecular weight excluding hydrogens is 547 g/mol. The molecule has 0 unspecified atom stereocenters. The zero-order chi connectivity index (χ0) is 29.1. The molecule has 0 N–H and O–H groups in total. The van der Waals surface area contributed by atoms with E-state index in [0.717, 1.165) is 34.1 Å². The molecule has 4 aromatic carbocycles. The van der Waals surface area contributed by atoms with Crippen molar-refractivity contribution >= 4 is 33.7 Å². The van der Waals surface area contributed by atoms with E-state index in [1.54, 1.807) is 0 Å². The van der Waals surface area contributed by atoms with Gasteiger partial charge in [-0.25, -0.2) is 4.57 Å². The third kappa shape index (κ3) is 4.11. The van der Waals surface area contributed by atoms with Gasteiger partial charge in [0.2, 0.25) is 0 Å². The molecule has 43 heavy (non-hydrogen) atoms. The first-order valence-corrected chi connectivity index (χ1v) is 15.2. The highest BCUT2D eigenvalue weighted by Crippen LogP contribution is 2.52. The second kappa shape index (κ2) is 9.79. The molecule has 1 aliphatic heterocycles. The van der Waals surface area contributed by atoms with E-state index >= 15 is 0 Å². The Morgan fingerprint density at radius 2 is 1.58 bits per heavy atom. The van der Waals surface area contributed by atoms with Gasteiger partial charge in [0, 0.05) is 49.4 Å². The predicted octanol–water partition coefficient (Wildman–Crippen LogP) is 9.36. The first-order valence-electron chi connectivity index (χ1n) is 14.4. The lowest BCUT2D eigenvalue weighted by atomic mass is 9.76. The largest absolute Gasteiger partial charge is 0.457 e. The normalized spacial score (nSPS) is 13.5. The van der Waals surface area contributed by atoms with Crippen LogP contribution in [0.15, 0.2) is 137 Å². The SMILES string of the molecule is [CH2-][n+]1cccc2c3ccc4c(c3n(-c3cccc(Oc5cccc(-c6ccccn6)c5)c3)c21)C(C)(C)c1ccccc1S4. The molecule has 7 aromatic rings. The summed E-state index contributed by atoms with van der Waals surface area (Å²) in [5.74, 6) is 1.53. The first kappa shape index (κ1) is 25.7. The van der Waals surface area contributed by atoms with Crippen molar-refractivity contribution in [3.8, 4) is 28.4 Å². The van der Waals surface area contributed by atoms with Crippen LogP contribution in [-0.2, 0) is 5.41 Å². The van der Waals surface area contributed by atoms with Crippen LogP contribution in [0.25, 0.3) is 38.9 Å². The van der Waals surface area contributed by atoms with Crippen LogP contribution >= 0.6 is 11.8 Å². The third-order valence-corrected chi connectivity index (χ3v) is 9.55. The molecule has 0 saturated carbocycles. The van der Waals surface area contributed by atoms with Gasteiger partial charge in [0.25, 0.3) is 0 Å². The molecule has 0 spiro atoms. The quantitative estimate of drug-likeness (QED) is 0.155. The number of ether oxygens (including phenoxy) is 1. The molecule has 5 heteroatoms. The Morgan fingerprint density at radius 1 is 0.767 bits per heavy atom. The molecule has 3 aromatic heterocycles. The Morgan fingerprint density at radius 3 is 2.44 bits per heavy atom. The second-order valence-corrected chi connectivity index (χ2v) is 12.5.